The van der Waals surface area contributed by atoms with E-state index in [0.717, 1.165) is 19.5 Å². The van der Waals surface area contributed by atoms with Gasteiger partial charge < -0.3 is 20.3 Å². The minimum Gasteiger partial charge on any atom is -0.372 e. The van der Waals surface area contributed by atoms with Crippen molar-refractivity contribution in [1.29, 1.82) is 0 Å². The van der Waals surface area contributed by atoms with E-state index >= 15 is 0 Å². The van der Waals surface area contributed by atoms with E-state index in [1.54, 1.807) is 4.90 Å². The molecule has 0 saturated carbocycles. The largest absolute Gasteiger partial charge is 0.372 e. The SMILES string of the molecule is CCCOCC(=O)NCC(=O)N1CCNCC1. The Morgan fingerprint density at radius 2 is 2.06 bits per heavy atom. The van der Waals surface area contributed by atoms with Crippen LogP contribution >= 0.6 is 0 Å². The predicted molar refractivity (Wildman–Crippen MR) is 63.6 cm³/mol. The van der Waals surface area contributed by atoms with Crippen molar-refractivity contribution in [3.05, 3.63) is 0 Å². The highest BCUT2D eigenvalue weighted by Crippen LogP contribution is 1.92. The van der Waals surface area contributed by atoms with Crippen LogP contribution in [-0.2, 0) is 14.3 Å². The second-order valence-corrected chi connectivity index (χ2v) is 3.96. The predicted octanol–water partition coefficient (Wildman–Crippen LogP) is -1.04. The van der Waals surface area contributed by atoms with Crippen LogP contribution < -0.4 is 10.6 Å². The third-order valence-corrected chi connectivity index (χ3v) is 2.49. The number of ether oxygens (including phenoxy) is 1. The molecule has 1 aliphatic heterocycles. The molecular weight excluding hydrogens is 222 g/mol. The first-order chi connectivity index (χ1) is 8.24. The van der Waals surface area contributed by atoms with Crippen LogP contribution in [-0.4, -0.2) is 62.7 Å². The molecule has 0 spiro atoms. The van der Waals surface area contributed by atoms with Crippen molar-refractivity contribution in [3.8, 4) is 0 Å². The standard InChI is InChI=1S/C11H21N3O3/c1-2-7-17-9-10(15)13-8-11(16)14-5-3-12-4-6-14/h12H,2-9H2,1H3,(H,13,15). The molecule has 1 saturated heterocycles. The normalized spacial score (nSPS) is 15.7. The first kappa shape index (κ1) is 13.9. The van der Waals surface area contributed by atoms with Crippen LogP contribution in [0.15, 0.2) is 0 Å². The number of piperazine rings is 1. The van der Waals surface area contributed by atoms with Gasteiger partial charge in [-0.05, 0) is 6.42 Å². The molecule has 98 valence electrons. The van der Waals surface area contributed by atoms with Crippen molar-refractivity contribution in [1.82, 2.24) is 15.5 Å². The van der Waals surface area contributed by atoms with Gasteiger partial charge in [0.15, 0.2) is 0 Å². The molecule has 0 bridgehead atoms. The van der Waals surface area contributed by atoms with E-state index in [1.165, 1.54) is 0 Å². The summed E-state index contributed by atoms with van der Waals surface area (Å²) in [6, 6.07) is 0. The number of hydrogen-bond acceptors (Lipinski definition) is 4. The van der Waals surface area contributed by atoms with Crippen molar-refractivity contribution in [2.75, 3.05) is 45.9 Å². The molecule has 6 nitrogen and oxygen atoms in total. The zero-order valence-electron chi connectivity index (χ0n) is 10.3. The fraction of sp³-hybridized carbons (Fsp3) is 0.818. The number of rotatable bonds is 6. The molecule has 1 fully saturated rings. The van der Waals surface area contributed by atoms with Gasteiger partial charge in [0.05, 0.1) is 6.54 Å². The molecule has 0 unspecified atom stereocenters. The van der Waals surface area contributed by atoms with Gasteiger partial charge in [0, 0.05) is 32.8 Å². The van der Waals surface area contributed by atoms with E-state index in [2.05, 4.69) is 10.6 Å². The lowest BCUT2D eigenvalue weighted by atomic mass is 10.3. The zero-order chi connectivity index (χ0) is 12.5. The van der Waals surface area contributed by atoms with Gasteiger partial charge in [-0.15, -0.1) is 0 Å². The zero-order valence-corrected chi connectivity index (χ0v) is 10.3. The minimum atomic E-state index is -0.234. The summed E-state index contributed by atoms with van der Waals surface area (Å²) in [7, 11) is 0. The average molecular weight is 243 g/mol. The molecule has 1 heterocycles. The number of carbonyl (C=O) groups is 2. The van der Waals surface area contributed by atoms with Crippen LogP contribution in [0.2, 0.25) is 0 Å². The van der Waals surface area contributed by atoms with E-state index in [1.807, 2.05) is 6.92 Å². The van der Waals surface area contributed by atoms with Crippen molar-refractivity contribution in [3.63, 3.8) is 0 Å². The maximum absolute atomic E-state index is 11.7. The fourth-order valence-corrected chi connectivity index (χ4v) is 1.56. The molecule has 17 heavy (non-hydrogen) atoms. The molecule has 2 N–H and O–H groups in total. The van der Waals surface area contributed by atoms with Crippen LogP contribution in [0.4, 0.5) is 0 Å². The van der Waals surface area contributed by atoms with Crippen LogP contribution in [0, 0.1) is 0 Å². The molecular formula is C11H21N3O3. The molecule has 0 aromatic carbocycles. The Labute approximate surface area is 102 Å². The lowest BCUT2D eigenvalue weighted by Gasteiger charge is -2.27. The number of nitrogens with one attached hydrogen (secondary N) is 2. The van der Waals surface area contributed by atoms with Crippen molar-refractivity contribution >= 4 is 11.8 Å². The molecule has 0 aromatic rings. The molecule has 0 radical (unpaired) electrons. The first-order valence-corrected chi connectivity index (χ1v) is 6.07. The Hall–Kier alpha value is -1.14. The van der Waals surface area contributed by atoms with Crippen LogP contribution in [0.5, 0.6) is 0 Å². The van der Waals surface area contributed by atoms with Crippen molar-refractivity contribution < 1.29 is 14.3 Å². The lowest BCUT2D eigenvalue weighted by Crippen LogP contribution is -2.49. The summed E-state index contributed by atoms with van der Waals surface area (Å²) in [5.41, 5.74) is 0. The van der Waals surface area contributed by atoms with E-state index in [9.17, 15) is 9.59 Å². The topological polar surface area (TPSA) is 70.7 Å². The van der Waals surface area contributed by atoms with E-state index < -0.39 is 0 Å². The van der Waals surface area contributed by atoms with Gasteiger partial charge >= 0.3 is 0 Å². The summed E-state index contributed by atoms with van der Waals surface area (Å²) in [6.07, 6.45) is 0.882. The Bertz CT molecular complexity index is 252. The number of hydrogen-bond donors (Lipinski definition) is 2. The van der Waals surface area contributed by atoms with Gasteiger partial charge in [-0.25, -0.2) is 0 Å². The smallest absolute Gasteiger partial charge is 0.246 e. The maximum Gasteiger partial charge on any atom is 0.246 e. The van der Waals surface area contributed by atoms with Gasteiger partial charge in [0.1, 0.15) is 6.61 Å². The maximum atomic E-state index is 11.7. The second kappa shape index (κ2) is 8.03. The minimum absolute atomic E-state index is 0.0304. The Kier molecular flexibility index (Phi) is 6.57. The van der Waals surface area contributed by atoms with E-state index in [0.29, 0.717) is 19.7 Å². The molecule has 2 amide bonds. The summed E-state index contributed by atoms with van der Waals surface area (Å²) in [5.74, 6) is -0.266. The summed E-state index contributed by atoms with van der Waals surface area (Å²) in [5, 5.41) is 5.73. The highest BCUT2D eigenvalue weighted by molar-refractivity contribution is 5.85. The van der Waals surface area contributed by atoms with Crippen LogP contribution in [0.25, 0.3) is 0 Å². The molecule has 0 atom stereocenters. The molecule has 6 heteroatoms. The molecule has 1 aliphatic rings. The number of nitrogens with zero attached hydrogens (tertiary/aromatic N) is 1. The van der Waals surface area contributed by atoms with Crippen molar-refractivity contribution in [2.24, 2.45) is 0 Å². The van der Waals surface area contributed by atoms with Gasteiger partial charge in [0.2, 0.25) is 11.8 Å². The fourth-order valence-electron chi connectivity index (χ4n) is 1.56. The second-order valence-electron chi connectivity index (χ2n) is 3.96. The summed E-state index contributed by atoms with van der Waals surface area (Å²) < 4.78 is 5.08. The summed E-state index contributed by atoms with van der Waals surface area (Å²) in [4.78, 5) is 24.7. The van der Waals surface area contributed by atoms with E-state index in [4.69, 9.17) is 4.74 Å². The number of carbonyl (C=O) groups excluding carboxylic acids is 2. The third-order valence-electron chi connectivity index (χ3n) is 2.49. The molecule has 0 aliphatic carbocycles. The quantitative estimate of drug-likeness (QED) is 0.585. The average Bonchev–Trinajstić information content (AvgIpc) is 2.37. The first-order valence-electron chi connectivity index (χ1n) is 6.07. The monoisotopic (exact) mass is 243 g/mol. The highest BCUT2D eigenvalue weighted by atomic mass is 16.5. The van der Waals surface area contributed by atoms with Gasteiger partial charge in [-0.2, -0.15) is 0 Å². The van der Waals surface area contributed by atoms with E-state index in [-0.39, 0.29) is 25.0 Å². The van der Waals surface area contributed by atoms with Gasteiger partial charge in [-0.1, -0.05) is 6.92 Å². The summed E-state index contributed by atoms with van der Waals surface area (Å²) in [6.45, 7) is 5.70. The molecule has 1 rings (SSSR count). The van der Waals surface area contributed by atoms with Crippen LogP contribution in [0.3, 0.4) is 0 Å². The summed E-state index contributed by atoms with van der Waals surface area (Å²) >= 11 is 0. The Morgan fingerprint density at radius 1 is 1.35 bits per heavy atom. The Morgan fingerprint density at radius 3 is 2.71 bits per heavy atom. The highest BCUT2D eigenvalue weighted by Gasteiger charge is 2.16. The lowest BCUT2D eigenvalue weighted by molar-refractivity contribution is -0.134. The van der Waals surface area contributed by atoms with Gasteiger partial charge in [-0.3, -0.25) is 9.59 Å². The third kappa shape index (κ3) is 5.65. The molecule has 0 aromatic heterocycles. The van der Waals surface area contributed by atoms with Gasteiger partial charge in [0.25, 0.3) is 0 Å². The number of amides is 2. The Balaban J connectivity index is 2.11. The van der Waals surface area contributed by atoms with Crippen molar-refractivity contribution in [2.45, 2.75) is 13.3 Å². The van der Waals surface area contributed by atoms with Crippen LogP contribution in [0.1, 0.15) is 13.3 Å².